The Morgan fingerprint density at radius 3 is 1.93 bits per heavy atom. The summed E-state index contributed by atoms with van der Waals surface area (Å²) in [6.45, 7) is 4.62. The van der Waals surface area contributed by atoms with Gasteiger partial charge in [-0.05, 0) is 28.0 Å². The quantitative estimate of drug-likeness (QED) is 0.354. The summed E-state index contributed by atoms with van der Waals surface area (Å²) in [5.74, 6) is 0.0942. The number of allylic oxidation sites excluding steroid dienone is 3. The summed E-state index contributed by atoms with van der Waals surface area (Å²) in [6, 6.07) is 30.3. The lowest BCUT2D eigenvalue weighted by atomic mass is 9.95. The fourth-order valence-corrected chi connectivity index (χ4v) is 6.42. The average Bonchev–Trinajstić information content (AvgIpc) is 2.76. The van der Waals surface area contributed by atoms with Crippen molar-refractivity contribution in [3.8, 4) is 0 Å². The first-order chi connectivity index (χ1) is 14.0. The van der Waals surface area contributed by atoms with Crippen LogP contribution in [0.15, 0.2) is 114 Å². The van der Waals surface area contributed by atoms with Gasteiger partial charge in [0.25, 0.3) is 0 Å². The summed E-state index contributed by atoms with van der Waals surface area (Å²) in [5, 5.41) is 1.35. The first-order valence-corrected chi connectivity index (χ1v) is 13.0. The normalized spacial score (nSPS) is 16.8. The van der Waals surface area contributed by atoms with Crippen molar-refractivity contribution in [2.45, 2.75) is 13.1 Å². The molecule has 0 bridgehead atoms. The third kappa shape index (κ3) is 4.13. The molecule has 1 aliphatic rings. The van der Waals surface area contributed by atoms with Gasteiger partial charge in [0.2, 0.25) is 0 Å². The zero-order valence-electron chi connectivity index (χ0n) is 16.8. The van der Waals surface area contributed by atoms with E-state index >= 15 is 0 Å². The van der Waals surface area contributed by atoms with Crippen LogP contribution in [0.5, 0.6) is 0 Å². The van der Waals surface area contributed by atoms with Gasteiger partial charge in [0, 0.05) is 11.1 Å². The van der Waals surface area contributed by atoms with Crippen LogP contribution in [0.4, 0.5) is 0 Å². The molecule has 0 spiro atoms. The minimum absolute atomic E-state index is 0.0942. The summed E-state index contributed by atoms with van der Waals surface area (Å²) < 4.78 is 0. The SMILES string of the molecule is C[Si]1(C)C=C(C(=O)c2ccccc2)/C(=C\c2ccccc2)C=C1c1ccccc1. The van der Waals surface area contributed by atoms with Gasteiger partial charge in [-0.1, -0.05) is 116 Å². The second-order valence-electron chi connectivity index (χ2n) is 7.91. The van der Waals surface area contributed by atoms with Gasteiger partial charge in [0.05, 0.1) is 0 Å². The minimum Gasteiger partial charge on any atom is -0.289 e. The lowest BCUT2D eigenvalue weighted by Crippen LogP contribution is -2.30. The standard InChI is InChI=1S/C27H24OSi/c1-29(2)20-25(27(28)23-16-10-5-11-17-23)24(18-21-12-6-3-7-13-21)19-26(29)22-14-8-4-9-15-22/h3-20H,1-2H3/b24-18-. The predicted molar refractivity (Wildman–Crippen MR) is 125 cm³/mol. The second kappa shape index (κ2) is 8.02. The molecule has 0 N–H and O–H groups in total. The Labute approximate surface area is 173 Å². The van der Waals surface area contributed by atoms with Gasteiger partial charge in [0.15, 0.2) is 5.78 Å². The third-order valence-electron chi connectivity index (χ3n) is 5.30. The van der Waals surface area contributed by atoms with Crippen LogP contribution in [0.25, 0.3) is 11.3 Å². The fraction of sp³-hybridized carbons (Fsp3) is 0.0741. The Bertz CT molecular complexity index is 1100. The van der Waals surface area contributed by atoms with Crippen molar-refractivity contribution in [2.75, 3.05) is 0 Å². The van der Waals surface area contributed by atoms with E-state index in [0.717, 1.165) is 22.3 Å². The topological polar surface area (TPSA) is 17.1 Å². The maximum atomic E-state index is 13.4. The molecule has 0 saturated carbocycles. The Hall–Kier alpha value is -3.23. The maximum Gasteiger partial charge on any atom is 0.192 e. The van der Waals surface area contributed by atoms with E-state index in [0.29, 0.717) is 0 Å². The molecule has 3 aromatic carbocycles. The average molecular weight is 393 g/mol. The molecule has 29 heavy (non-hydrogen) atoms. The van der Waals surface area contributed by atoms with Crippen LogP contribution < -0.4 is 0 Å². The molecular formula is C27H24OSi. The predicted octanol–water partition coefficient (Wildman–Crippen LogP) is 6.76. The van der Waals surface area contributed by atoms with Crippen LogP contribution in [0.2, 0.25) is 13.1 Å². The number of carbonyl (C=O) groups is 1. The smallest absolute Gasteiger partial charge is 0.192 e. The highest BCUT2D eigenvalue weighted by atomic mass is 28.3. The molecule has 0 amide bonds. The first-order valence-electron chi connectivity index (χ1n) is 9.92. The number of ketones is 1. The molecule has 0 fully saturated rings. The van der Waals surface area contributed by atoms with Crippen LogP contribution in [-0.4, -0.2) is 13.9 Å². The highest BCUT2D eigenvalue weighted by Crippen LogP contribution is 2.37. The molecule has 0 radical (unpaired) electrons. The van der Waals surface area contributed by atoms with Crippen molar-refractivity contribution < 1.29 is 4.79 Å². The highest BCUT2D eigenvalue weighted by molar-refractivity contribution is 6.99. The van der Waals surface area contributed by atoms with Crippen molar-refractivity contribution in [2.24, 2.45) is 0 Å². The van der Waals surface area contributed by atoms with E-state index in [1.807, 2.05) is 54.6 Å². The summed E-state index contributed by atoms with van der Waals surface area (Å²) in [4.78, 5) is 13.4. The molecule has 2 heteroatoms. The van der Waals surface area contributed by atoms with Gasteiger partial charge in [-0.25, -0.2) is 0 Å². The molecule has 0 aliphatic carbocycles. The van der Waals surface area contributed by atoms with Crippen LogP contribution in [0, 0.1) is 0 Å². The van der Waals surface area contributed by atoms with Crippen LogP contribution in [0.3, 0.4) is 0 Å². The molecule has 142 valence electrons. The number of hydrogen-bond acceptors (Lipinski definition) is 1. The summed E-state index contributed by atoms with van der Waals surface area (Å²) >= 11 is 0. The van der Waals surface area contributed by atoms with Crippen molar-refractivity contribution in [1.29, 1.82) is 0 Å². The summed E-state index contributed by atoms with van der Waals surface area (Å²) in [5.41, 5.74) is 7.13. The van der Waals surface area contributed by atoms with Gasteiger partial charge >= 0.3 is 0 Å². The molecule has 0 unspecified atom stereocenters. The number of rotatable bonds is 4. The number of hydrogen-bond donors (Lipinski definition) is 0. The Kier molecular flexibility index (Phi) is 5.28. The van der Waals surface area contributed by atoms with E-state index in [1.165, 1.54) is 10.8 Å². The van der Waals surface area contributed by atoms with Crippen molar-refractivity contribution in [1.82, 2.24) is 0 Å². The van der Waals surface area contributed by atoms with Gasteiger partial charge in [-0.15, -0.1) is 0 Å². The molecule has 4 rings (SSSR count). The Morgan fingerprint density at radius 2 is 1.31 bits per heavy atom. The molecule has 0 saturated heterocycles. The number of benzene rings is 3. The third-order valence-corrected chi connectivity index (χ3v) is 8.13. The summed E-state index contributed by atoms with van der Waals surface area (Å²) in [6.07, 6.45) is 4.37. The fourth-order valence-electron chi connectivity index (χ4n) is 3.80. The zero-order valence-corrected chi connectivity index (χ0v) is 17.8. The van der Waals surface area contributed by atoms with Crippen molar-refractivity contribution in [3.05, 3.63) is 131 Å². The van der Waals surface area contributed by atoms with Crippen LogP contribution in [0.1, 0.15) is 21.5 Å². The van der Waals surface area contributed by atoms with Gasteiger partial charge in [-0.2, -0.15) is 0 Å². The monoisotopic (exact) mass is 392 g/mol. The van der Waals surface area contributed by atoms with Gasteiger partial charge < -0.3 is 0 Å². The van der Waals surface area contributed by atoms with Crippen molar-refractivity contribution in [3.63, 3.8) is 0 Å². The van der Waals surface area contributed by atoms with E-state index in [1.54, 1.807) is 0 Å². The lowest BCUT2D eigenvalue weighted by Gasteiger charge is -2.29. The van der Waals surface area contributed by atoms with Crippen LogP contribution in [-0.2, 0) is 0 Å². The van der Waals surface area contributed by atoms with Crippen LogP contribution >= 0.6 is 0 Å². The Balaban J connectivity index is 1.86. The maximum absolute atomic E-state index is 13.4. The Morgan fingerprint density at radius 1 is 0.759 bits per heavy atom. The van der Waals surface area contributed by atoms with E-state index in [-0.39, 0.29) is 5.78 Å². The minimum atomic E-state index is -1.94. The highest BCUT2D eigenvalue weighted by Gasteiger charge is 2.32. The number of Topliss-reactive ketones (excluding diaryl/α,β-unsaturated/α-hetero) is 1. The molecule has 1 nitrogen and oxygen atoms in total. The molecule has 0 atom stereocenters. The molecule has 3 aromatic rings. The lowest BCUT2D eigenvalue weighted by molar-refractivity contribution is 0.103. The molecular weight excluding hydrogens is 368 g/mol. The zero-order chi connectivity index (χ0) is 20.3. The molecule has 1 heterocycles. The van der Waals surface area contributed by atoms with E-state index in [2.05, 4.69) is 67.3 Å². The first kappa shape index (κ1) is 19.1. The van der Waals surface area contributed by atoms with E-state index in [4.69, 9.17) is 0 Å². The van der Waals surface area contributed by atoms with Gasteiger partial charge in [0.1, 0.15) is 8.07 Å². The molecule has 1 aliphatic heterocycles. The van der Waals surface area contributed by atoms with Crippen molar-refractivity contribution >= 4 is 25.1 Å². The van der Waals surface area contributed by atoms with Gasteiger partial charge in [-0.3, -0.25) is 4.79 Å². The number of carbonyl (C=O) groups excluding carboxylic acids is 1. The summed E-state index contributed by atoms with van der Waals surface area (Å²) in [7, 11) is -1.94. The second-order valence-corrected chi connectivity index (χ2v) is 12.2. The van der Waals surface area contributed by atoms with E-state index < -0.39 is 8.07 Å². The molecule has 0 aromatic heterocycles. The largest absolute Gasteiger partial charge is 0.289 e. The van der Waals surface area contributed by atoms with E-state index in [9.17, 15) is 4.79 Å².